The number of piperidine rings is 1. The molecule has 0 aliphatic carbocycles. The molecule has 0 spiro atoms. The Bertz CT molecular complexity index is 454. The van der Waals surface area contributed by atoms with Crippen molar-refractivity contribution in [1.29, 1.82) is 0 Å². The first kappa shape index (κ1) is 15.7. The fourth-order valence-corrected chi connectivity index (χ4v) is 3.14. The second-order valence-corrected chi connectivity index (χ2v) is 7.43. The lowest BCUT2D eigenvalue weighted by Crippen LogP contribution is -2.40. The predicted molar refractivity (Wildman–Crippen MR) is 88.7 cm³/mol. The topological polar surface area (TPSA) is 15.3 Å². The summed E-state index contributed by atoms with van der Waals surface area (Å²) in [4.78, 5) is 2.52. The Hall–Kier alpha value is -0.730. The monoisotopic (exact) mass is 294 g/mol. The van der Waals surface area contributed by atoms with Crippen molar-refractivity contribution in [2.45, 2.75) is 53.1 Å². The fraction of sp³-hybridized carbons (Fsp3) is 0.647. The van der Waals surface area contributed by atoms with Crippen LogP contribution in [0.5, 0.6) is 0 Å². The van der Waals surface area contributed by atoms with E-state index in [1.807, 2.05) is 6.07 Å². The summed E-state index contributed by atoms with van der Waals surface area (Å²) < 4.78 is 0. The third-order valence-corrected chi connectivity index (χ3v) is 4.22. The zero-order valence-corrected chi connectivity index (χ0v) is 13.9. The van der Waals surface area contributed by atoms with E-state index in [9.17, 15) is 0 Å². The molecule has 0 amide bonds. The van der Waals surface area contributed by atoms with Crippen LogP contribution >= 0.6 is 11.6 Å². The van der Waals surface area contributed by atoms with Crippen LogP contribution in [0.2, 0.25) is 5.02 Å². The van der Waals surface area contributed by atoms with Gasteiger partial charge in [-0.2, -0.15) is 0 Å². The highest BCUT2D eigenvalue weighted by Crippen LogP contribution is 2.34. The van der Waals surface area contributed by atoms with E-state index >= 15 is 0 Å². The third-order valence-electron chi connectivity index (χ3n) is 3.98. The van der Waals surface area contributed by atoms with Crippen LogP contribution in [-0.2, 0) is 6.54 Å². The molecule has 1 heterocycles. The minimum absolute atomic E-state index is 0.403. The molecule has 0 aromatic heterocycles. The van der Waals surface area contributed by atoms with Crippen molar-refractivity contribution in [2.24, 2.45) is 5.41 Å². The summed E-state index contributed by atoms with van der Waals surface area (Å²) in [5, 5.41) is 4.33. The van der Waals surface area contributed by atoms with Crippen LogP contribution < -0.4 is 10.2 Å². The minimum Gasteiger partial charge on any atom is -0.371 e. The van der Waals surface area contributed by atoms with Gasteiger partial charge in [0.05, 0.1) is 0 Å². The number of nitrogens with zero attached hydrogens (tertiary/aromatic N) is 1. The molecule has 1 saturated heterocycles. The molecule has 3 heteroatoms. The maximum Gasteiger partial charge on any atom is 0.0413 e. The Morgan fingerprint density at radius 2 is 2.10 bits per heavy atom. The molecular weight excluding hydrogens is 268 g/mol. The van der Waals surface area contributed by atoms with E-state index in [0.717, 1.165) is 24.7 Å². The number of rotatable bonds is 4. The zero-order valence-electron chi connectivity index (χ0n) is 13.2. The molecule has 1 aromatic rings. The molecule has 0 atom stereocenters. The van der Waals surface area contributed by atoms with E-state index in [1.165, 1.54) is 24.1 Å². The summed E-state index contributed by atoms with van der Waals surface area (Å²) in [5.74, 6) is 0. The van der Waals surface area contributed by atoms with Gasteiger partial charge >= 0.3 is 0 Å². The van der Waals surface area contributed by atoms with Crippen LogP contribution in [-0.4, -0.2) is 19.1 Å². The fourth-order valence-electron chi connectivity index (χ4n) is 2.95. The molecule has 112 valence electrons. The molecule has 1 N–H and O–H groups in total. The quantitative estimate of drug-likeness (QED) is 0.882. The Kier molecular flexibility index (Phi) is 4.98. The summed E-state index contributed by atoms with van der Waals surface area (Å²) >= 11 is 6.18. The maximum atomic E-state index is 6.18. The highest BCUT2D eigenvalue weighted by Gasteiger charge is 2.27. The van der Waals surface area contributed by atoms with E-state index in [4.69, 9.17) is 11.6 Å². The van der Waals surface area contributed by atoms with Crippen LogP contribution in [0.15, 0.2) is 18.2 Å². The van der Waals surface area contributed by atoms with E-state index in [2.05, 4.69) is 50.0 Å². The van der Waals surface area contributed by atoms with Crippen molar-refractivity contribution in [3.05, 3.63) is 28.8 Å². The van der Waals surface area contributed by atoms with E-state index in [-0.39, 0.29) is 0 Å². The molecule has 0 bridgehead atoms. The van der Waals surface area contributed by atoms with Gasteiger partial charge in [-0.05, 0) is 42.0 Å². The van der Waals surface area contributed by atoms with Crippen molar-refractivity contribution >= 4 is 17.3 Å². The summed E-state index contributed by atoms with van der Waals surface area (Å²) in [6.45, 7) is 12.2. The molecule has 2 rings (SSSR count). The van der Waals surface area contributed by atoms with Gasteiger partial charge in [0.15, 0.2) is 0 Å². The lowest BCUT2D eigenvalue weighted by atomic mass is 9.84. The van der Waals surface area contributed by atoms with Gasteiger partial charge in [-0.15, -0.1) is 0 Å². The number of hydrogen-bond acceptors (Lipinski definition) is 2. The molecule has 0 unspecified atom stereocenters. The summed E-state index contributed by atoms with van der Waals surface area (Å²) in [6.07, 6.45) is 2.59. The highest BCUT2D eigenvalue weighted by atomic mass is 35.5. The van der Waals surface area contributed by atoms with Crippen LogP contribution in [0.25, 0.3) is 0 Å². The lowest BCUT2D eigenvalue weighted by Gasteiger charge is -2.40. The average molecular weight is 295 g/mol. The second-order valence-electron chi connectivity index (χ2n) is 7.00. The predicted octanol–water partition coefficient (Wildman–Crippen LogP) is 4.46. The smallest absolute Gasteiger partial charge is 0.0413 e. The molecule has 1 aliphatic heterocycles. The van der Waals surface area contributed by atoms with Gasteiger partial charge in [0.1, 0.15) is 0 Å². The van der Waals surface area contributed by atoms with Crippen molar-refractivity contribution in [3.8, 4) is 0 Å². The molecule has 0 saturated carbocycles. The molecule has 2 nitrogen and oxygen atoms in total. The number of benzene rings is 1. The van der Waals surface area contributed by atoms with E-state index in [1.54, 1.807) is 0 Å². The number of anilines is 1. The highest BCUT2D eigenvalue weighted by molar-refractivity contribution is 6.30. The molecular formula is C17H27ClN2. The van der Waals surface area contributed by atoms with Crippen molar-refractivity contribution in [3.63, 3.8) is 0 Å². The van der Waals surface area contributed by atoms with Crippen LogP contribution in [0.3, 0.4) is 0 Å². The number of halogens is 1. The van der Waals surface area contributed by atoms with Crippen LogP contribution in [0, 0.1) is 5.41 Å². The van der Waals surface area contributed by atoms with E-state index in [0.29, 0.717) is 11.5 Å². The lowest BCUT2D eigenvalue weighted by molar-refractivity contribution is 0.293. The average Bonchev–Trinajstić information content (AvgIpc) is 2.35. The van der Waals surface area contributed by atoms with Gasteiger partial charge in [0, 0.05) is 36.4 Å². The first-order chi connectivity index (χ1) is 9.37. The SMILES string of the molecule is CC(C)NCc1cc(Cl)ccc1N1CCCC(C)(C)C1. The zero-order chi connectivity index (χ0) is 14.8. The number of nitrogens with one attached hydrogen (secondary N) is 1. The Morgan fingerprint density at radius 1 is 1.35 bits per heavy atom. The molecule has 20 heavy (non-hydrogen) atoms. The molecule has 1 fully saturated rings. The maximum absolute atomic E-state index is 6.18. The van der Waals surface area contributed by atoms with Crippen molar-refractivity contribution in [2.75, 3.05) is 18.0 Å². The van der Waals surface area contributed by atoms with Gasteiger partial charge in [-0.1, -0.05) is 39.3 Å². The first-order valence-corrected chi connectivity index (χ1v) is 8.02. The number of hydrogen-bond donors (Lipinski definition) is 1. The first-order valence-electron chi connectivity index (χ1n) is 7.64. The Balaban J connectivity index is 2.21. The Labute approximate surface area is 128 Å². The summed E-state index contributed by atoms with van der Waals surface area (Å²) in [6, 6.07) is 6.78. The third kappa shape index (κ3) is 4.13. The molecule has 1 aromatic carbocycles. The van der Waals surface area contributed by atoms with E-state index < -0.39 is 0 Å². The standard InChI is InChI=1S/C17H27ClN2/c1-13(2)19-11-14-10-15(18)6-7-16(14)20-9-5-8-17(3,4)12-20/h6-7,10,13,19H,5,8-9,11-12H2,1-4H3. The van der Waals surface area contributed by atoms with Gasteiger partial charge in [-0.25, -0.2) is 0 Å². The minimum atomic E-state index is 0.403. The molecule has 1 aliphatic rings. The van der Waals surface area contributed by atoms with Gasteiger partial charge in [0.2, 0.25) is 0 Å². The van der Waals surface area contributed by atoms with Crippen LogP contribution in [0.4, 0.5) is 5.69 Å². The van der Waals surface area contributed by atoms with Crippen LogP contribution in [0.1, 0.15) is 46.1 Å². The van der Waals surface area contributed by atoms with Gasteiger partial charge in [0.25, 0.3) is 0 Å². The second kappa shape index (κ2) is 6.36. The summed E-state index contributed by atoms with van der Waals surface area (Å²) in [7, 11) is 0. The largest absolute Gasteiger partial charge is 0.371 e. The Morgan fingerprint density at radius 3 is 2.75 bits per heavy atom. The van der Waals surface area contributed by atoms with Gasteiger partial charge < -0.3 is 10.2 Å². The van der Waals surface area contributed by atoms with Crippen molar-refractivity contribution in [1.82, 2.24) is 5.32 Å². The van der Waals surface area contributed by atoms with Crippen molar-refractivity contribution < 1.29 is 0 Å². The summed E-state index contributed by atoms with van der Waals surface area (Å²) in [5.41, 5.74) is 3.06. The van der Waals surface area contributed by atoms with Gasteiger partial charge in [-0.3, -0.25) is 0 Å². The normalized spacial score (nSPS) is 18.6. The molecule has 0 radical (unpaired) electrons.